The molecule has 1 N–H and O–H groups in total. The molecule has 0 spiro atoms. The highest BCUT2D eigenvalue weighted by Crippen LogP contribution is 2.36. The van der Waals surface area contributed by atoms with Crippen LogP contribution in [0.15, 0.2) is 79.0 Å². The summed E-state index contributed by atoms with van der Waals surface area (Å²) in [6.07, 6.45) is 2.67. The molecule has 0 radical (unpaired) electrons. The van der Waals surface area contributed by atoms with Crippen molar-refractivity contribution in [3.8, 4) is 0 Å². The monoisotopic (exact) mass is 355 g/mol. The van der Waals surface area contributed by atoms with Crippen LogP contribution in [0.1, 0.15) is 27.8 Å². The van der Waals surface area contributed by atoms with Crippen molar-refractivity contribution >= 4 is 10.9 Å². The minimum absolute atomic E-state index is 0.528. The van der Waals surface area contributed by atoms with Crippen molar-refractivity contribution < 1.29 is 5.11 Å². The smallest absolute Gasteiger partial charge is 0.119 e. The molecule has 1 heterocycles. The Balaban J connectivity index is 1.87. The number of nitrogens with zero attached hydrogens (tertiary/aromatic N) is 1. The van der Waals surface area contributed by atoms with Gasteiger partial charge in [0.05, 0.1) is 0 Å². The number of hydrogen-bond donors (Lipinski definition) is 1. The summed E-state index contributed by atoms with van der Waals surface area (Å²) in [5, 5.41) is 13.1. The van der Waals surface area contributed by atoms with Crippen LogP contribution in [-0.2, 0) is 19.1 Å². The van der Waals surface area contributed by atoms with Gasteiger partial charge in [0.25, 0.3) is 0 Å². The van der Waals surface area contributed by atoms with Crippen molar-refractivity contribution in [3.63, 3.8) is 0 Å². The van der Waals surface area contributed by atoms with E-state index in [1.165, 1.54) is 22.0 Å². The van der Waals surface area contributed by atoms with Gasteiger partial charge in [-0.3, -0.25) is 0 Å². The Labute approximate surface area is 160 Å². The zero-order valence-electron chi connectivity index (χ0n) is 16.1. The first kappa shape index (κ1) is 17.6. The topological polar surface area (TPSA) is 25.2 Å². The molecule has 3 aromatic carbocycles. The molecule has 2 nitrogen and oxygen atoms in total. The molecule has 0 aliphatic carbocycles. The van der Waals surface area contributed by atoms with Gasteiger partial charge in [-0.05, 0) is 36.6 Å². The summed E-state index contributed by atoms with van der Waals surface area (Å²) in [6.45, 7) is 4.14. The fraction of sp³-hybridized carbons (Fsp3) is 0.200. The van der Waals surface area contributed by atoms with E-state index in [1.807, 2.05) is 24.3 Å². The van der Waals surface area contributed by atoms with Crippen molar-refractivity contribution in [2.45, 2.75) is 25.9 Å². The number of para-hydroxylation sites is 1. The highest BCUT2D eigenvalue weighted by Gasteiger charge is 2.33. The largest absolute Gasteiger partial charge is 0.380 e. The number of aryl methyl sites for hydroxylation is 3. The minimum Gasteiger partial charge on any atom is -0.380 e. The number of aliphatic hydroxyl groups is 1. The van der Waals surface area contributed by atoms with Gasteiger partial charge in [-0.25, -0.2) is 0 Å². The van der Waals surface area contributed by atoms with Gasteiger partial charge in [-0.15, -0.1) is 0 Å². The third kappa shape index (κ3) is 3.17. The summed E-state index contributed by atoms with van der Waals surface area (Å²) in [4.78, 5) is 0. The molecule has 0 aliphatic rings. The summed E-state index contributed by atoms with van der Waals surface area (Å²) in [6, 6.07) is 24.8. The molecule has 0 saturated heterocycles. The standard InChI is InChI=1S/C25H25NO/c1-18-8-12-21(13-9-18)25(27,22-14-10-19(2)11-15-22)16-20-17-26(3)24-7-5-4-6-23(20)24/h4-15,17,27H,16H2,1-3H3. The quantitative estimate of drug-likeness (QED) is 0.530. The molecular formula is C25H25NO. The second-order valence-electron chi connectivity index (χ2n) is 7.55. The number of aromatic nitrogens is 1. The van der Waals surface area contributed by atoms with Gasteiger partial charge in [0.15, 0.2) is 0 Å². The van der Waals surface area contributed by atoms with E-state index in [0.717, 1.165) is 16.7 Å². The lowest BCUT2D eigenvalue weighted by molar-refractivity contribution is 0.0814. The van der Waals surface area contributed by atoms with Gasteiger partial charge < -0.3 is 9.67 Å². The molecule has 0 bridgehead atoms. The first-order valence-corrected chi connectivity index (χ1v) is 9.37. The minimum atomic E-state index is -1.08. The molecule has 0 fully saturated rings. The van der Waals surface area contributed by atoms with Crippen LogP contribution in [0.3, 0.4) is 0 Å². The summed E-state index contributed by atoms with van der Waals surface area (Å²) < 4.78 is 2.13. The van der Waals surface area contributed by atoms with E-state index in [2.05, 4.69) is 80.2 Å². The average Bonchev–Trinajstić information content (AvgIpc) is 2.98. The third-order valence-corrected chi connectivity index (χ3v) is 5.48. The summed E-state index contributed by atoms with van der Waals surface area (Å²) >= 11 is 0. The lowest BCUT2D eigenvalue weighted by atomic mass is 9.81. The van der Waals surface area contributed by atoms with Gasteiger partial charge in [-0.2, -0.15) is 0 Å². The second kappa shape index (κ2) is 6.71. The molecule has 27 heavy (non-hydrogen) atoms. The predicted octanol–water partition coefficient (Wildman–Crippen LogP) is 5.27. The molecule has 4 rings (SSSR count). The maximum absolute atomic E-state index is 11.9. The van der Waals surface area contributed by atoms with Gasteiger partial charge in [0.1, 0.15) is 5.60 Å². The summed E-state index contributed by atoms with van der Waals surface area (Å²) in [5.41, 5.74) is 5.48. The van der Waals surface area contributed by atoms with Gasteiger partial charge in [-0.1, -0.05) is 77.9 Å². The number of rotatable bonds is 4. The fourth-order valence-electron chi connectivity index (χ4n) is 3.87. The van der Waals surface area contributed by atoms with E-state index >= 15 is 0 Å². The molecule has 0 saturated carbocycles. The van der Waals surface area contributed by atoms with Crippen LogP contribution in [0, 0.1) is 13.8 Å². The lowest BCUT2D eigenvalue weighted by Crippen LogP contribution is -2.30. The van der Waals surface area contributed by atoms with E-state index in [9.17, 15) is 5.11 Å². The molecule has 2 heteroatoms. The van der Waals surface area contributed by atoms with Crippen LogP contribution in [0.25, 0.3) is 10.9 Å². The van der Waals surface area contributed by atoms with Crippen LogP contribution >= 0.6 is 0 Å². The van der Waals surface area contributed by atoms with Crippen LogP contribution in [-0.4, -0.2) is 9.67 Å². The fourth-order valence-corrected chi connectivity index (χ4v) is 3.87. The highest BCUT2D eigenvalue weighted by atomic mass is 16.3. The first-order chi connectivity index (χ1) is 13.0. The molecule has 0 atom stereocenters. The molecule has 1 aromatic heterocycles. The molecule has 4 aromatic rings. The Kier molecular flexibility index (Phi) is 4.37. The number of hydrogen-bond acceptors (Lipinski definition) is 1. The van der Waals surface area contributed by atoms with Crippen molar-refractivity contribution in [1.82, 2.24) is 4.57 Å². The number of benzene rings is 3. The van der Waals surface area contributed by atoms with E-state index in [4.69, 9.17) is 0 Å². The van der Waals surface area contributed by atoms with Crippen LogP contribution in [0.5, 0.6) is 0 Å². The molecular weight excluding hydrogens is 330 g/mol. The zero-order valence-corrected chi connectivity index (χ0v) is 16.1. The van der Waals surface area contributed by atoms with E-state index < -0.39 is 5.60 Å². The van der Waals surface area contributed by atoms with Gasteiger partial charge >= 0.3 is 0 Å². The normalized spacial score (nSPS) is 11.9. The molecule has 136 valence electrons. The summed E-state index contributed by atoms with van der Waals surface area (Å²) in [7, 11) is 2.06. The average molecular weight is 355 g/mol. The van der Waals surface area contributed by atoms with Crippen LogP contribution in [0.2, 0.25) is 0 Å². The van der Waals surface area contributed by atoms with E-state index in [-0.39, 0.29) is 0 Å². The predicted molar refractivity (Wildman–Crippen MR) is 112 cm³/mol. The Morgan fingerprint density at radius 3 is 1.85 bits per heavy atom. The Hall–Kier alpha value is -2.84. The maximum Gasteiger partial charge on any atom is 0.119 e. The Morgan fingerprint density at radius 2 is 1.30 bits per heavy atom. The second-order valence-corrected chi connectivity index (χ2v) is 7.55. The Morgan fingerprint density at radius 1 is 0.778 bits per heavy atom. The molecule has 0 unspecified atom stereocenters. The van der Waals surface area contributed by atoms with E-state index in [1.54, 1.807) is 0 Å². The van der Waals surface area contributed by atoms with Crippen LogP contribution in [0.4, 0.5) is 0 Å². The van der Waals surface area contributed by atoms with Crippen molar-refractivity contribution in [2.75, 3.05) is 0 Å². The SMILES string of the molecule is Cc1ccc(C(O)(Cc2cn(C)c3ccccc23)c2ccc(C)cc2)cc1. The Bertz CT molecular complexity index is 1030. The van der Waals surface area contributed by atoms with Crippen LogP contribution < -0.4 is 0 Å². The van der Waals surface area contributed by atoms with Gasteiger partial charge in [0.2, 0.25) is 0 Å². The number of fused-ring (bicyclic) bond motifs is 1. The van der Waals surface area contributed by atoms with Crippen molar-refractivity contribution in [3.05, 3.63) is 107 Å². The lowest BCUT2D eigenvalue weighted by Gasteiger charge is -2.30. The van der Waals surface area contributed by atoms with Gasteiger partial charge in [0, 0.05) is 30.6 Å². The maximum atomic E-state index is 11.9. The van der Waals surface area contributed by atoms with Crippen molar-refractivity contribution in [1.29, 1.82) is 0 Å². The third-order valence-electron chi connectivity index (χ3n) is 5.48. The first-order valence-electron chi connectivity index (χ1n) is 9.37. The summed E-state index contributed by atoms with van der Waals surface area (Å²) in [5.74, 6) is 0. The molecule has 0 amide bonds. The highest BCUT2D eigenvalue weighted by molar-refractivity contribution is 5.84. The van der Waals surface area contributed by atoms with E-state index in [0.29, 0.717) is 6.42 Å². The molecule has 0 aliphatic heterocycles. The van der Waals surface area contributed by atoms with Crippen molar-refractivity contribution in [2.24, 2.45) is 7.05 Å². The zero-order chi connectivity index (χ0) is 19.0.